The summed E-state index contributed by atoms with van der Waals surface area (Å²) >= 11 is 0. The summed E-state index contributed by atoms with van der Waals surface area (Å²) in [7, 11) is 0. The van der Waals surface area contributed by atoms with E-state index in [4.69, 9.17) is 0 Å². The molecule has 2 fully saturated rings. The topological polar surface area (TPSA) is 6.48 Å². The van der Waals surface area contributed by atoms with Gasteiger partial charge >= 0.3 is 6.18 Å². The normalized spacial score (nSPS) is 27.4. The van der Waals surface area contributed by atoms with E-state index in [-0.39, 0.29) is 17.4 Å². The first kappa shape index (κ1) is 19.2. The van der Waals surface area contributed by atoms with Crippen LogP contribution in [0.25, 0.3) is 0 Å². The Labute approximate surface area is 165 Å². The van der Waals surface area contributed by atoms with Gasteiger partial charge in [-0.1, -0.05) is 50.2 Å². The smallest absolute Gasteiger partial charge is 0.343 e. The highest BCUT2D eigenvalue weighted by Crippen LogP contribution is 2.48. The lowest BCUT2D eigenvalue weighted by Gasteiger charge is -2.57. The van der Waals surface area contributed by atoms with E-state index in [1.807, 2.05) is 48.5 Å². The van der Waals surface area contributed by atoms with Gasteiger partial charge < -0.3 is 9.80 Å². The average molecular weight is 388 g/mol. The first-order valence-electron chi connectivity index (χ1n) is 9.98. The highest BCUT2D eigenvalue weighted by atomic mass is 19.4. The SMILES string of the molecule is CC1(C)CCC2CN(c3ccccc3)C(C(F)(F)F)N(c3ccccc3)C2C1. The van der Waals surface area contributed by atoms with Crippen molar-refractivity contribution in [2.75, 3.05) is 16.3 Å². The van der Waals surface area contributed by atoms with E-state index in [2.05, 4.69) is 13.8 Å². The van der Waals surface area contributed by atoms with E-state index in [0.717, 1.165) is 19.3 Å². The number of para-hydroxylation sites is 2. The molecule has 1 aliphatic heterocycles. The molecule has 4 rings (SSSR count). The van der Waals surface area contributed by atoms with Gasteiger partial charge in [0.05, 0.1) is 0 Å². The third-order valence-corrected chi connectivity index (χ3v) is 6.28. The van der Waals surface area contributed by atoms with Crippen LogP contribution in [-0.4, -0.2) is 24.9 Å². The van der Waals surface area contributed by atoms with Crippen LogP contribution in [0.5, 0.6) is 0 Å². The minimum absolute atomic E-state index is 0.0548. The van der Waals surface area contributed by atoms with E-state index in [0.29, 0.717) is 17.9 Å². The highest BCUT2D eigenvalue weighted by molar-refractivity contribution is 5.57. The number of alkyl halides is 3. The van der Waals surface area contributed by atoms with Crippen LogP contribution >= 0.6 is 0 Å². The lowest BCUT2D eigenvalue weighted by Crippen LogP contribution is -2.69. The summed E-state index contributed by atoms with van der Waals surface area (Å²) in [6.07, 6.45) is -3.24. The molecular formula is C23H27F3N2. The zero-order chi connectivity index (χ0) is 19.9. The number of hydrogen-bond donors (Lipinski definition) is 0. The molecule has 0 radical (unpaired) electrons. The predicted molar refractivity (Wildman–Crippen MR) is 107 cm³/mol. The number of rotatable bonds is 2. The van der Waals surface area contributed by atoms with E-state index < -0.39 is 12.3 Å². The van der Waals surface area contributed by atoms with Gasteiger partial charge in [0.2, 0.25) is 6.17 Å². The van der Waals surface area contributed by atoms with Crippen LogP contribution in [0.2, 0.25) is 0 Å². The van der Waals surface area contributed by atoms with Crippen molar-refractivity contribution < 1.29 is 13.2 Å². The maximum atomic E-state index is 14.5. The molecule has 1 heterocycles. The average Bonchev–Trinajstić information content (AvgIpc) is 2.66. The van der Waals surface area contributed by atoms with Crippen molar-refractivity contribution in [1.29, 1.82) is 0 Å². The van der Waals surface area contributed by atoms with Gasteiger partial charge in [0.25, 0.3) is 0 Å². The van der Waals surface area contributed by atoms with Crippen molar-refractivity contribution in [2.45, 2.75) is 51.5 Å². The van der Waals surface area contributed by atoms with Gasteiger partial charge in [-0.2, -0.15) is 13.2 Å². The van der Waals surface area contributed by atoms with Crippen molar-refractivity contribution in [1.82, 2.24) is 0 Å². The maximum Gasteiger partial charge on any atom is 0.427 e. The number of fused-ring (bicyclic) bond motifs is 1. The van der Waals surface area contributed by atoms with Crippen molar-refractivity contribution in [3.63, 3.8) is 0 Å². The second kappa shape index (κ2) is 7.02. The van der Waals surface area contributed by atoms with Gasteiger partial charge in [0.15, 0.2) is 0 Å². The minimum Gasteiger partial charge on any atom is -0.343 e. The van der Waals surface area contributed by atoms with E-state index in [9.17, 15) is 13.2 Å². The summed E-state index contributed by atoms with van der Waals surface area (Å²) in [5, 5.41) is 0. The lowest BCUT2D eigenvalue weighted by molar-refractivity contribution is -0.156. The molecule has 0 N–H and O–H groups in total. The Balaban J connectivity index is 1.84. The second-order valence-electron chi connectivity index (χ2n) is 8.88. The first-order valence-corrected chi connectivity index (χ1v) is 9.98. The van der Waals surface area contributed by atoms with Crippen LogP contribution < -0.4 is 9.80 Å². The molecule has 1 saturated carbocycles. The molecule has 2 aromatic carbocycles. The zero-order valence-electron chi connectivity index (χ0n) is 16.4. The molecule has 3 unspecified atom stereocenters. The fourth-order valence-electron chi connectivity index (χ4n) is 4.96. The van der Waals surface area contributed by atoms with Gasteiger partial charge in [-0.15, -0.1) is 0 Å². The van der Waals surface area contributed by atoms with Crippen molar-refractivity contribution in [3.8, 4) is 0 Å². The summed E-state index contributed by atoms with van der Waals surface area (Å²) in [6, 6.07) is 18.1. The molecule has 3 atom stereocenters. The van der Waals surface area contributed by atoms with Crippen LogP contribution in [-0.2, 0) is 0 Å². The highest BCUT2D eigenvalue weighted by Gasteiger charge is 2.56. The third kappa shape index (κ3) is 3.59. The minimum atomic E-state index is -4.36. The summed E-state index contributed by atoms with van der Waals surface area (Å²) in [5.74, 6) is 0.215. The summed E-state index contributed by atoms with van der Waals surface area (Å²) < 4.78 is 43.4. The molecular weight excluding hydrogens is 361 g/mol. The fraction of sp³-hybridized carbons (Fsp3) is 0.478. The van der Waals surface area contributed by atoms with Crippen molar-refractivity contribution in [3.05, 3.63) is 60.7 Å². The Bertz CT molecular complexity index is 788. The monoisotopic (exact) mass is 388 g/mol. The molecule has 28 heavy (non-hydrogen) atoms. The van der Waals surface area contributed by atoms with E-state index in [1.54, 1.807) is 21.9 Å². The molecule has 0 bridgehead atoms. The van der Waals surface area contributed by atoms with Crippen molar-refractivity contribution >= 4 is 11.4 Å². The number of halogens is 3. The molecule has 2 nitrogen and oxygen atoms in total. The molecule has 0 aromatic heterocycles. The largest absolute Gasteiger partial charge is 0.427 e. The Morgan fingerprint density at radius 2 is 1.46 bits per heavy atom. The molecule has 1 saturated heterocycles. The van der Waals surface area contributed by atoms with E-state index in [1.165, 1.54) is 0 Å². The molecule has 5 heteroatoms. The van der Waals surface area contributed by atoms with Crippen LogP contribution in [0.4, 0.5) is 24.5 Å². The Morgan fingerprint density at radius 3 is 2.04 bits per heavy atom. The van der Waals surface area contributed by atoms with Crippen LogP contribution in [0.15, 0.2) is 60.7 Å². The van der Waals surface area contributed by atoms with Gasteiger partial charge in [-0.3, -0.25) is 0 Å². The standard InChI is InChI=1S/C23H27F3N2/c1-22(2)14-13-17-16-27(18-9-5-3-6-10-18)21(23(24,25)26)28(20(17)15-22)19-11-7-4-8-12-19/h3-12,17,20-21H,13-16H2,1-2H3. The number of hydrogen-bond acceptors (Lipinski definition) is 2. The molecule has 2 aromatic rings. The zero-order valence-corrected chi connectivity index (χ0v) is 16.4. The van der Waals surface area contributed by atoms with Gasteiger partial charge in [0.1, 0.15) is 0 Å². The summed E-state index contributed by atoms with van der Waals surface area (Å²) in [6.45, 7) is 4.80. The Kier molecular flexibility index (Phi) is 4.80. The quantitative estimate of drug-likeness (QED) is 0.614. The number of benzene rings is 2. The molecule has 1 aliphatic carbocycles. The van der Waals surface area contributed by atoms with Crippen LogP contribution in [0.3, 0.4) is 0 Å². The van der Waals surface area contributed by atoms with Gasteiger partial charge in [-0.25, -0.2) is 0 Å². The molecule has 0 spiro atoms. The predicted octanol–water partition coefficient (Wildman–Crippen LogP) is 6.10. The van der Waals surface area contributed by atoms with Crippen molar-refractivity contribution in [2.24, 2.45) is 11.3 Å². The third-order valence-electron chi connectivity index (χ3n) is 6.28. The molecule has 0 amide bonds. The lowest BCUT2D eigenvalue weighted by atomic mass is 9.68. The Morgan fingerprint density at radius 1 is 0.893 bits per heavy atom. The number of anilines is 2. The fourth-order valence-corrected chi connectivity index (χ4v) is 4.96. The molecule has 2 aliphatic rings. The van der Waals surface area contributed by atoms with E-state index >= 15 is 0 Å². The van der Waals surface area contributed by atoms with Crippen LogP contribution in [0, 0.1) is 11.3 Å². The van der Waals surface area contributed by atoms with Gasteiger partial charge in [-0.05, 0) is 54.9 Å². The second-order valence-corrected chi connectivity index (χ2v) is 8.88. The van der Waals surface area contributed by atoms with Gasteiger partial charge in [0, 0.05) is 24.0 Å². The summed E-state index contributed by atoms with van der Waals surface area (Å²) in [4.78, 5) is 3.22. The summed E-state index contributed by atoms with van der Waals surface area (Å²) in [5.41, 5.74) is 1.34. The first-order chi connectivity index (χ1) is 13.3. The maximum absolute atomic E-state index is 14.5. The molecule has 150 valence electrons. The van der Waals surface area contributed by atoms with Crippen LogP contribution in [0.1, 0.15) is 33.1 Å². The Hall–Kier alpha value is -2.17. The number of nitrogens with zero attached hydrogens (tertiary/aromatic N) is 2.